The minimum atomic E-state index is -0.893. The normalized spacial score (nSPS) is 15.9. The Morgan fingerprint density at radius 2 is 0.927 bits per heavy atom. The molecule has 10 nitrogen and oxygen atoms in total. The molecule has 0 radical (unpaired) electrons. The number of ether oxygens (including phenoxy) is 7. The standard InChI is InChI=1S/C45H44O10/c1-5-49-42(46)35-21-36(43(47)50-6-2)23-37(22-35)44(48)53-29-32-17-19-33(20-18-32)40-41(55-45(3,4)54-40)34-24-38(51-27-30-13-9-7-10-14-30)26-39(25-34)52-28-31-15-11-8-12-16-31/h7-26,40-41H,5-6,27-29H2,1-4H3/t40-,41+/m0/s1. The van der Waals surface area contributed by atoms with Crippen molar-refractivity contribution in [2.24, 2.45) is 0 Å². The van der Waals surface area contributed by atoms with Gasteiger partial charge in [-0.15, -0.1) is 0 Å². The van der Waals surface area contributed by atoms with Crippen LogP contribution < -0.4 is 9.47 Å². The topological polar surface area (TPSA) is 116 Å². The first kappa shape index (κ1) is 38.7. The Labute approximate surface area is 320 Å². The summed E-state index contributed by atoms with van der Waals surface area (Å²) in [6.45, 7) is 8.06. The maximum atomic E-state index is 13.2. The molecule has 0 unspecified atom stereocenters. The van der Waals surface area contributed by atoms with Crippen LogP contribution in [-0.4, -0.2) is 36.9 Å². The van der Waals surface area contributed by atoms with E-state index in [1.54, 1.807) is 13.8 Å². The van der Waals surface area contributed by atoms with E-state index in [1.165, 1.54) is 18.2 Å². The van der Waals surface area contributed by atoms with Crippen LogP contribution in [0.1, 0.15) is 98.8 Å². The van der Waals surface area contributed by atoms with Gasteiger partial charge in [0.05, 0.1) is 29.9 Å². The second-order valence-corrected chi connectivity index (χ2v) is 13.3. The molecule has 1 aliphatic heterocycles. The number of hydrogen-bond acceptors (Lipinski definition) is 10. The highest BCUT2D eigenvalue weighted by Gasteiger charge is 2.43. The summed E-state index contributed by atoms with van der Waals surface area (Å²) in [4.78, 5) is 38.1. The summed E-state index contributed by atoms with van der Waals surface area (Å²) in [7, 11) is 0. The number of carbonyl (C=O) groups excluding carboxylic acids is 3. The van der Waals surface area contributed by atoms with Crippen molar-refractivity contribution in [1.82, 2.24) is 0 Å². The summed E-state index contributed by atoms with van der Waals surface area (Å²) < 4.78 is 41.3. The van der Waals surface area contributed by atoms with Crippen molar-refractivity contribution in [2.75, 3.05) is 13.2 Å². The molecule has 0 N–H and O–H groups in total. The average Bonchev–Trinajstić information content (AvgIpc) is 3.54. The van der Waals surface area contributed by atoms with Crippen molar-refractivity contribution in [2.45, 2.75) is 65.5 Å². The van der Waals surface area contributed by atoms with Crippen LogP contribution in [0.25, 0.3) is 0 Å². The molecule has 1 heterocycles. The van der Waals surface area contributed by atoms with Gasteiger partial charge in [0.25, 0.3) is 0 Å². The molecule has 1 fully saturated rings. The molecule has 0 bridgehead atoms. The number of carbonyl (C=O) groups is 3. The first-order valence-electron chi connectivity index (χ1n) is 18.2. The molecule has 0 aromatic heterocycles. The van der Waals surface area contributed by atoms with Gasteiger partial charge in [-0.25, -0.2) is 14.4 Å². The lowest BCUT2D eigenvalue weighted by atomic mass is 9.97. The van der Waals surface area contributed by atoms with E-state index in [1.807, 2.05) is 117 Å². The zero-order chi connectivity index (χ0) is 38.8. The molecular weight excluding hydrogens is 700 g/mol. The molecule has 0 spiro atoms. The molecule has 0 amide bonds. The number of benzene rings is 5. The molecule has 284 valence electrons. The average molecular weight is 745 g/mol. The Morgan fingerprint density at radius 1 is 0.509 bits per heavy atom. The summed E-state index contributed by atoms with van der Waals surface area (Å²) in [5, 5.41) is 0. The van der Waals surface area contributed by atoms with E-state index in [0.29, 0.717) is 30.3 Å². The monoisotopic (exact) mass is 744 g/mol. The minimum Gasteiger partial charge on any atom is -0.489 e. The third kappa shape index (κ3) is 10.4. The van der Waals surface area contributed by atoms with E-state index in [-0.39, 0.29) is 36.5 Å². The van der Waals surface area contributed by atoms with Gasteiger partial charge in [0.1, 0.15) is 43.5 Å². The zero-order valence-corrected chi connectivity index (χ0v) is 31.3. The van der Waals surface area contributed by atoms with Crippen molar-refractivity contribution in [3.8, 4) is 11.5 Å². The molecule has 6 rings (SSSR count). The van der Waals surface area contributed by atoms with E-state index < -0.39 is 35.9 Å². The van der Waals surface area contributed by atoms with E-state index in [4.69, 9.17) is 33.2 Å². The van der Waals surface area contributed by atoms with Gasteiger partial charge in [0.2, 0.25) is 0 Å². The lowest BCUT2D eigenvalue weighted by molar-refractivity contribution is -0.147. The van der Waals surface area contributed by atoms with Gasteiger partial charge in [-0.3, -0.25) is 0 Å². The smallest absolute Gasteiger partial charge is 0.338 e. The molecule has 2 atom stereocenters. The van der Waals surface area contributed by atoms with Crippen molar-refractivity contribution in [1.29, 1.82) is 0 Å². The molecule has 55 heavy (non-hydrogen) atoms. The van der Waals surface area contributed by atoms with Gasteiger partial charge < -0.3 is 33.2 Å². The molecule has 1 aliphatic rings. The highest BCUT2D eigenvalue weighted by molar-refractivity contribution is 6.00. The SMILES string of the molecule is CCOC(=O)c1cc(C(=O)OCC)cc(C(=O)OCc2ccc([C@@H]3OC(C)(C)O[C@@H]3c3cc(OCc4ccccc4)cc(OCc4ccccc4)c3)cc2)c1. The van der Waals surface area contributed by atoms with E-state index in [9.17, 15) is 14.4 Å². The van der Waals surface area contributed by atoms with Gasteiger partial charge >= 0.3 is 17.9 Å². The highest BCUT2D eigenvalue weighted by Crippen LogP contribution is 2.48. The van der Waals surface area contributed by atoms with E-state index in [2.05, 4.69) is 0 Å². The van der Waals surface area contributed by atoms with Gasteiger partial charge in [-0.2, -0.15) is 0 Å². The van der Waals surface area contributed by atoms with Crippen molar-refractivity contribution in [3.05, 3.63) is 166 Å². The largest absolute Gasteiger partial charge is 0.489 e. The third-order valence-electron chi connectivity index (χ3n) is 8.69. The van der Waals surface area contributed by atoms with Crippen molar-refractivity contribution >= 4 is 17.9 Å². The summed E-state index contributed by atoms with van der Waals surface area (Å²) in [6, 6.07) is 37.2. The Bertz CT molecular complexity index is 1980. The molecular formula is C45H44O10. The van der Waals surface area contributed by atoms with Crippen LogP contribution in [-0.2, 0) is 43.5 Å². The van der Waals surface area contributed by atoms with E-state index in [0.717, 1.165) is 22.3 Å². The van der Waals surface area contributed by atoms with Crippen LogP contribution in [0, 0.1) is 0 Å². The van der Waals surface area contributed by atoms with E-state index >= 15 is 0 Å². The number of hydrogen-bond donors (Lipinski definition) is 0. The van der Waals surface area contributed by atoms with Gasteiger partial charge in [-0.1, -0.05) is 84.9 Å². The maximum absolute atomic E-state index is 13.2. The van der Waals surface area contributed by atoms with Gasteiger partial charge in [0.15, 0.2) is 5.79 Å². The Hall–Kier alpha value is -5.97. The van der Waals surface area contributed by atoms with Gasteiger partial charge in [-0.05, 0) is 85.8 Å². The highest BCUT2D eigenvalue weighted by atomic mass is 16.8. The minimum absolute atomic E-state index is 0.0221. The summed E-state index contributed by atoms with van der Waals surface area (Å²) in [5.74, 6) is -1.67. The van der Waals surface area contributed by atoms with Crippen LogP contribution in [0.5, 0.6) is 11.5 Å². The maximum Gasteiger partial charge on any atom is 0.338 e. The predicted molar refractivity (Wildman–Crippen MR) is 204 cm³/mol. The van der Waals surface area contributed by atoms with Crippen LogP contribution in [0.3, 0.4) is 0 Å². The van der Waals surface area contributed by atoms with Crippen LogP contribution in [0.15, 0.2) is 121 Å². The Morgan fingerprint density at radius 3 is 1.38 bits per heavy atom. The zero-order valence-electron chi connectivity index (χ0n) is 31.3. The van der Waals surface area contributed by atoms with Crippen LogP contribution in [0.2, 0.25) is 0 Å². The predicted octanol–water partition coefficient (Wildman–Crippen LogP) is 9.12. The molecule has 10 heteroatoms. The lowest BCUT2D eigenvalue weighted by Crippen LogP contribution is -2.20. The summed E-state index contributed by atoms with van der Waals surface area (Å²) in [6.07, 6.45) is -0.983. The fraction of sp³-hybridized carbons (Fsp3) is 0.267. The first-order chi connectivity index (χ1) is 26.6. The summed E-state index contributed by atoms with van der Waals surface area (Å²) >= 11 is 0. The summed E-state index contributed by atoms with van der Waals surface area (Å²) in [5.41, 5.74) is 4.59. The molecule has 5 aromatic rings. The molecule has 0 aliphatic carbocycles. The van der Waals surface area contributed by atoms with Crippen molar-refractivity contribution in [3.63, 3.8) is 0 Å². The second-order valence-electron chi connectivity index (χ2n) is 13.3. The Balaban J connectivity index is 1.19. The first-order valence-corrected chi connectivity index (χ1v) is 18.2. The molecule has 0 saturated carbocycles. The fourth-order valence-electron chi connectivity index (χ4n) is 6.10. The quantitative estimate of drug-likeness (QED) is 0.0759. The second kappa shape index (κ2) is 17.9. The molecule has 1 saturated heterocycles. The molecule has 5 aromatic carbocycles. The van der Waals surface area contributed by atoms with Crippen LogP contribution in [0.4, 0.5) is 0 Å². The Kier molecular flexibility index (Phi) is 12.6. The third-order valence-corrected chi connectivity index (χ3v) is 8.69. The number of rotatable bonds is 15. The fourth-order valence-corrected chi connectivity index (χ4v) is 6.10. The number of esters is 3. The van der Waals surface area contributed by atoms with Gasteiger partial charge in [0, 0.05) is 6.07 Å². The van der Waals surface area contributed by atoms with Crippen molar-refractivity contribution < 1.29 is 47.5 Å². The van der Waals surface area contributed by atoms with Crippen LogP contribution >= 0.6 is 0 Å². The lowest BCUT2D eigenvalue weighted by Gasteiger charge is -2.20.